The molecule has 3 rings (SSSR count). The lowest BCUT2D eigenvalue weighted by Gasteiger charge is -2.10. The second-order valence-corrected chi connectivity index (χ2v) is 5.30. The number of fused-ring (bicyclic) bond motifs is 1. The molecule has 0 bridgehead atoms. The third-order valence-corrected chi connectivity index (χ3v) is 3.64. The Kier molecular flexibility index (Phi) is 4.60. The van der Waals surface area contributed by atoms with Gasteiger partial charge < -0.3 is 10.1 Å². The van der Waals surface area contributed by atoms with Crippen LogP contribution in [0.4, 0.5) is 0 Å². The zero-order chi connectivity index (χ0) is 16.1. The average molecular weight is 308 g/mol. The van der Waals surface area contributed by atoms with Crippen molar-refractivity contribution in [3.8, 4) is 6.07 Å². The first-order valence-corrected chi connectivity index (χ1v) is 7.49. The predicted molar refractivity (Wildman–Crippen MR) is 85.1 cm³/mol. The van der Waals surface area contributed by atoms with Gasteiger partial charge in [0.05, 0.1) is 29.0 Å². The first-order valence-electron chi connectivity index (χ1n) is 7.49. The van der Waals surface area contributed by atoms with Crippen molar-refractivity contribution in [3.05, 3.63) is 41.7 Å². The summed E-state index contributed by atoms with van der Waals surface area (Å²) in [6, 6.07) is 9.35. The summed E-state index contributed by atoms with van der Waals surface area (Å²) in [5, 5.41) is 11.9. The Morgan fingerprint density at radius 3 is 3.00 bits per heavy atom. The Morgan fingerprint density at radius 2 is 2.26 bits per heavy atom. The van der Waals surface area contributed by atoms with E-state index in [9.17, 15) is 10.1 Å². The second-order valence-electron chi connectivity index (χ2n) is 5.30. The van der Waals surface area contributed by atoms with Crippen molar-refractivity contribution in [3.63, 3.8) is 0 Å². The number of benzene rings is 1. The average Bonchev–Trinajstić information content (AvgIpc) is 3.11. The fourth-order valence-electron chi connectivity index (χ4n) is 2.44. The van der Waals surface area contributed by atoms with Crippen LogP contribution < -0.4 is 5.32 Å². The topological polar surface area (TPSA) is 87.9 Å². The summed E-state index contributed by atoms with van der Waals surface area (Å²) >= 11 is 0. The van der Waals surface area contributed by atoms with Crippen LogP contribution in [0.3, 0.4) is 0 Å². The quantitative estimate of drug-likeness (QED) is 0.687. The zero-order valence-corrected chi connectivity index (χ0v) is 12.5. The van der Waals surface area contributed by atoms with E-state index in [1.807, 2.05) is 30.3 Å². The predicted octanol–water partition coefficient (Wildman–Crippen LogP) is 1.83. The van der Waals surface area contributed by atoms with E-state index >= 15 is 0 Å². The number of carbonyl (C=O) groups excluding carboxylic acids is 1. The van der Waals surface area contributed by atoms with Gasteiger partial charge >= 0.3 is 0 Å². The lowest BCUT2D eigenvalue weighted by atomic mass is 10.2. The maximum absolute atomic E-state index is 12.1. The number of amides is 1. The SMILES string of the molecule is N#C/C(=C\c1cnc2ccccc2n1)C(=O)NC[C@@H]1CCCO1. The molecule has 2 heterocycles. The highest BCUT2D eigenvalue weighted by Gasteiger charge is 2.17. The molecule has 6 heteroatoms. The van der Waals surface area contributed by atoms with Crippen molar-refractivity contribution in [2.75, 3.05) is 13.2 Å². The molecule has 1 saturated heterocycles. The van der Waals surface area contributed by atoms with Crippen molar-refractivity contribution in [1.29, 1.82) is 5.26 Å². The number of aromatic nitrogens is 2. The summed E-state index contributed by atoms with van der Waals surface area (Å²) in [6.07, 6.45) is 4.98. The van der Waals surface area contributed by atoms with Crippen molar-refractivity contribution < 1.29 is 9.53 Å². The maximum Gasteiger partial charge on any atom is 0.262 e. The molecule has 0 spiro atoms. The van der Waals surface area contributed by atoms with Crippen LogP contribution in [-0.4, -0.2) is 35.1 Å². The van der Waals surface area contributed by atoms with Crippen molar-refractivity contribution in [2.45, 2.75) is 18.9 Å². The molecule has 1 aliphatic rings. The van der Waals surface area contributed by atoms with E-state index in [1.54, 1.807) is 6.20 Å². The third kappa shape index (κ3) is 3.71. The lowest BCUT2D eigenvalue weighted by Crippen LogP contribution is -2.32. The van der Waals surface area contributed by atoms with E-state index in [1.165, 1.54) is 6.08 Å². The molecule has 1 fully saturated rings. The largest absolute Gasteiger partial charge is 0.376 e. The number of hydrogen-bond acceptors (Lipinski definition) is 5. The van der Waals surface area contributed by atoms with E-state index in [0.717, 1.165) is 30.5 Å². The number of para-hydroxylation sites is 2. The van der Waals surface area contributed by atoms with Crippen LogP contribution in [0.15, 0.2) is 36.0 Å². The summed E-state index contributed by atoms with van der Waals surface area (Å²) in [5.41, 5.74) is 1.98. The minimum absolute atomic E-state index is 0.00702. The van der Waals surface area contributed by atoms with Crippen LogP contribution >= 0.6 is 0 Å². The van der Waals surface area contributed by atoms with Gasteiger partial charge in [0.2, 0.25) is 0 Å². The van der Waals surface area contributed by atoms with E-state index in [0.29, 0.717) is 12.2 Å². The maximum atomic E-state index is 12.1. The van der Waals surface area contributed by atoms with E-state index in [2.05, 4.69) is 15.3 Å². The molecule has 6 nitrogen and oxygen atoms in total. The number of nitrogens with zero attached hydrogens (tertiary/aromatic N) is 3. The minimum atomic E-state index is -0.419. The standard InChI is InChI=1S/C17H16N4O2/c18-9-12(17(22)20-11-14-4-3-7-23-14)8-13-10-19-15-5-1-2-6-16(15)21-13/h1-2,5-6,8,10,14H,3-4,7,11H2,(H,20,22)/b12-8+/t14-/m0/s1. The Balaban J connectivity index is 1.73. The number of carbonyl (C=O) groups is 1. The molecule has 0 unspecified atom stereocenters. The Bertz CT molecular complexity index is 789. The van der Waals surface area contributed by atoms with Gasteiger partial charge in [-0.05, 0) is 31.1 Å². The molecule has 2 aromatic rings. The number of hydrogen-bond donors (Lipinski definition) is 1. The molecule has 23 heavy (non-hydrogen) atoms. The third-order valence-electron chi connectivity index (χ3n) is 3.64. The first-order chi connectivity index (χ1) is 11.3. The summed E-state index contributed by atoms with van der Waals surface area (Å²) in [5.74, 6) is -0.419. The van der Waals surface area contributed by atoms with Crippen LogP contribution in [0.1, 0.15) is 18.5 Å². The molecule has 1 amide bonds. The highest BCUT2D eigenvalue weighted by atomic mass is 16.5. The van der Waals surface area contributed by atoms with E-state index in [-0.39, 0.29) is 11.7 Å². The number of ether oxygens (including phenoxy) is 1. The number of nitrogens with one attached hydrogen (secondary N) is 1. The minimum Gasteiger partial charge on any atom is -0.376 e. The van der Waals surface area contributed by atoms with Gasteiger partial charge in [-0.1, -0.05) is 12.1 Å². The summed E-state index contributed by atoms with van der Waals surface area (Å²) < 4.78 is 5.44. The number of nitriles is 1. The van der Waals surface area contributed by atoms with Crippen LogP contribution in [0.2, 0.25) is 0 Å². The fourth-order valence-corrected chi connectivity index (χ4v) is 2.44. The van der Waals surface area contributed by atoms with Gasteiger partial charge in [0.25, 0.3) is 5.91 Å². The molecule has 1 aromatic carbocycles. The Morgan fingerprint density at radius 1 is 1.43 bits per heavy atom. The smallest absolute Gasteiger partial charge is 0.262 e. The molecular formula is C17H16N4O2. The molecule has 1 aliphatic heterocycles. The summed E-state index contributed by atoms with van der Waals surface area (Å²) in [6.45, 7) is 1.15. The molecular weight excluding hydrogens is 292 g/mol. The molecule has 0 radical (unpaired) electrons. The highest BCUT2D eigenvalue weighted by molar-refractivity contribution is 6.01. The van der Waals surface area contributed by atoms with Crippen LogP contribution in [-0.2, 0) is 9.53 Å². The van der Waals surface area contributed by atoms with Crippen molar-refractivity contribution in [1.82, 2.24) is 15.3 Å². The Hall–Kier alpha value is -2.78. The van der Waals surface area contributed by atoms with Gasteiger partial charge in [-0.2, -0.15) is 5.26 Å². The van der Waals surface area contributed by atoms with Crippen molar-refractivity contribution in [2.24, 2.45) is 0 Å². The molecule has 116 valence electrons. The van der Waals surface area contributed by atoms with E-state index < -0.39 is 5.91 Å². The molecule has 0 aliphatic carbocycles. The highest BCUT2D eigenvalue weighted by Crippen LogP contribution is 2.12. The first kappa shape index (κ1) is 15.1. The van der Waals surface area contributed by atoms with Gasteiger partial charge in [-0.25, -0.2) is 4.98 Å². The molecule has 1 aromatic heterocycles. The Labute approximate surface area is 133 Å². The van der Waals surface area contributed by atoms with Gasteiger partial charge in [-0.3, -0.25) is 9.78 Å². The normalized spacial score (nSPS) is 17.9. The van der Waals surface area contributed by atoms with Crippen LogP contribution in [0.25, 0.3) is 17.1 Å². The van der Waals surface area contributed by atoms with Gasteiger partial charge in [-0.15, -0.1) is 0 Å². The van der Waals surface area contributed by atoms with Gasteiger partial charge in [0, 0.05) is 13.2 Å². The van der Waals surface area contributed by atoms with E-state index in [4.69, 9.17) is 4.74 Å². The summed E-state index contributed by atoms with van der Waals surface area (Å²) in [4.78, 5) is 20.8. The molecule has 1 atom stereocenters. The van der Waals surface area contributed by atoms with Crippen LogP contribution in [0, 0.1) is 11.3 Å². The molecule has 1 N–H and O–H groups in total. The monoisotopic (exact) mass is 308 g/mol. The van der Waals surface area contributed by atoms with Gasteiger partial charge in [0.15, 0.2) is 0 Å². The lowest BCUT2D eigenvalue weighted by molar-refractivity contribution is -0.117. The fraction of sp³-hybridized carbons (Fsp3) is 0.294. The zero-order valence-electron chi connectivity index (χ0n) is 12.5. The van der Waals surface area contributed by atoms with Gasteiger partial charge in [0.1, 0.15) is 11.6 Å². The number of rotatable bonds is 4. The van der Waals surface area contributed by atoms with Crippen LogP contribution in [0.5, 0.6) is 0 Å². The van der Waals surface area contributed by atoms with Crippen molar-refractivity contribution >= 4 is 23.0 Å². The summed E-state index contributed by atoms with van der Waals surface area (Å²) in [7, 11) is 0. The second kappa shape index (κ2) is 6.99. The molecule has 0 saturated carbocycles.